The van der Waals surface area contributed by atoms with E-state index in [0.717, 1.165) is 61.8 Å². The molecule has 7 heteroatoms. The Labute approximate surface area is 179 Å². The van der Waals surface area contributed by atoms with Gasteiger partial charge in [0.2, 0.25) is 0 Å². The highest BCUT2D eigenvalue weighted by atomic mass is 16.5. The molecule has 1 aromatic carbocycles. The average molecular weight is 415 g/mol. The Bertz CT molecular complexity index is 843. The molecule has 1 N–H and O–H groups in total. The zero-order valence-electron chi connectivity index (χ0n) is 18.6. The zero-order chi connectivity index (χ0) is 21.5. The summed E-state index contributed by atoms with van der Waals surface area (Å²) in [6.45, 7) is 10.3. The molecule has 1 fully saturated rings. The first-order valence-corrected chi connectivity index (χ1v) is 10.8. The Kier molecular flexibility index (Phi) is 7.87. The molecule has 1 amide bonds. The molecule has 164 valence electrons. The SMILES string of the molecule is CCn1nc(C)c(C(=O)NCc2cccc(OCCN(C)C3CCOCC3)c2)c1C. The van der Waals surface area contributed by atoms with Crippen molar-refractivity contribution in [2.45, 2.75) is 52.7 Å². The molecule has 2 aromatic rings. The minimum absolute atomic E-state index is 0.0888. The fourth-order valence-corrected chi connectivity index (χ4v) is 3.97. The number of likely N-dealkylation sites (N-methyl/N-ethyl adjacent to an activating group) is 1. The van der Waals surface area contributed by atoms with Gasteiger partial charge in [-0.3, -0.25) is 14.4 Å². The predicted octanol–water partition coefficient (Wildman–Crippen LogP) is 2.94. The molecule has 0 saturated carbocycles. The maximum Gasteiger partial charge on any atom is 0.255 e. The van der Waals surface area contributed by atoms with Gasteiger partial charge in [-0.15, -0.1) is 0 Å². The molecular formula is C23H34N4O3. The third-order valence-electron chi connectivity index (χ3n) is 5.79. The molecule has 3 rings (SSSR count). The fraction of sp³-hybridized carbons (Fsp3) is 0.565. The van der Waals surface area contributed by atoms with Crippen LogP contribution in [-0.2, 0) is 17.8 Å². The Hall–Kier alpha value is -2.38. The number of aryl methyl sites for hydroxylation is 2. The van der Waals surface area contributed by atoms with Crippen LogP contribution in [0.15, 0.2) is 24.3 Å². The van der Waals surface area contributed by atoms with Gasteiger partial charge in [0, 0.05) is 44.6 Å². The third kappa shape index (κ3) is 5.61. The summed E-state index contributed by atoms with van der Waals surface area (Å²) in [5, 5.41) is 7.44. The summed E-state index contributed by atoms with van der Waals surface area (Å²) in [6, 6.07) is 8.48. The van der Waals surface area contributed by atoms with Gasteiger partial charge in [-0.25, -0.2) is 0 Å². The van der Waals surface area contributed by atoms with E-state index in [-0.39, 0.29) is 5.91 Å². The average Bonchev–Trinajstić information content (AvgIpc) is 3.06. The van der Waals surface area contributed by atoms with Crippen LogP contribution < -0.4 is 10.1 Å². The van der Waals surface area contributed by atoms with Gasteiger partial charge in [-0.1, -0.05) is 12.1 Å². The second-order valence-electron chi connectivity index (χ2n) is 7.86. The monoisotopic (exact) mass is 414 g/mol. The van der Waals surface area contributed by atoms with Crippen molar-refractivity contribution in [3.05, 3.63) is 46.8 Å². The van der Waals surface area contributed by atoms with Crippen LogP contribution in [0, 0.1) is 13.8 Å². The number of hydrogen-bond acceptors (Lipinski definition) is 5. The van der Waals surface area contributed by atoms with Crippen LogP contribution >= 0.6 is 0 Å². The van der Waals surface area contributed by atoms with Crippen molar-refractivity contribution in [2.75, 3.05) is 33.4 Å². The number of nitrogens with zero attached hydrogens (tertiary/aromatic N) is 3. The first-order valence-electron chi connectivity index (χ1n) is 10.8. The summed E-state index contributed by atoms with van der Waals surface area (Å²) in [5.41, 5.74) is 3.34. The van der Waals surface area contributed by atoms with Crippen LogP contribution in [0.5, 0.6) is 5.75 Å². The van der Waals surface area contributed by atoms with Crippen LogP contribution in [0.1, 0.15) is 47.1 Å². The highest BCUT2D eigenvalue weighted by molar-refractivity contribution is 5.96. The molecule has 30 heavy (non-hydrogen) atoms. The quantitative estimate of drug-likeness (QED) is 0.683. The van der Waals surface area contributed by atoms with Gasteiger partial charge < -0.3 is 14.8 Å². The minimum Gasteiger partial charge on any atom is -0.492 e. The first kappa shape index (κ1) is 22.3. The lowest BCUT2D eigenvalue weighted by atomic mass is 10.1. The first-order chi connectivity index (χ1) is 14.5. The van der Waals surface area contributed by atoms with Gasteiger partial charge in [0.25, 0.3) is 5.91 Å². The maximum absolute atomic E-state index is 12.7. The lowest BCUT2D eigenvalue weighted by molar-refractivity contribution is 0.0392. The molecule has 0 spiro atoms. The van der Waals surface area contributed by atoms with Crippen molar-refractivity contribution in [2.24, 2.45) is 0 Å². The summed E-state index contributed by atoms with van der Waals surface area (Å²) in [5.74, 6) is 0.738. The van der Waals surface area contributed by atoms with E-state index < -0.39 is 0 Å². The highest BCUT2D eigenvalue weighted by Crippen LogP contribution is 2.16. The van der Waals surface area contributed by atoms with Crippen molar-refractivity contribution < 1.29 is 14.3 Å². The summed E-state index contributed by atoms with van der Waals surface area (Å²) in [7, 11) is 2.15. The van der Waals surface area contributed by atoms with Gasteiger partial charge in [-0.05, 0) is 58.4 Å². The number of ether oxygens (including phenoxy) is 2. The van der Waals surface area contributed by atoms with Gasteiger partial charge in [0.15, 0.2) is 0 Å². The van der Waals surface area contributed by atoms with E-state index in [9.17, 15) is 4.79 Å². The van der Waals surface area contributed by atoms with E-state index in [1.165, 1.54) is 0 Å². The lowest BCUT2D eigenvalue weighted by Gasteiger charge is -2.31. The van der Waals surface area contributed by atoms with Crippen molar-refractivity contribution in [3.8, 4) is 5.75 Å². The van der Waals surface area contributed by atoms with E-state index in [2.05, 4.69) is 22.4 Å². The van der Waals surface area contributed by atoms with E-state index in [0.29, 0.717) is 24.8 Å². The van der Waals surface area contributed by atoms with Crippen LogP contribution in [0.3, 0.4) is 0 Å². The van der Waals surface area contributed by atoms with E-state index in [1.807, 2.05) is 49.7 Å². The summed E-state index contributed by atoms with van der Waals surface area (Å²) in [6.07, 6.45) is 2.17. The molecule has 1 aliphatic heterocycles. The van der Waals surface area contributed by atoms with Gasteiger partial charge in [-0.2, -0.15) is 5.10 Å². The highest BCUT2D eigenvalue weighted by Gasteiger charge is 2.19. The molecule has 7 nitrogen and oxygen atoms in total. The number of carbonyl (C=O) groups excluding carboxylic acids is 1. The normalized spacial score (nSPS) is 14.8. The number of amides is 1. The van der Waals surface area contributed by atoms with Gasteiger partial charge in [0.05, 0.1) is 11.3 Å². The second-order valence-corrected chi connectivity index (χ2v) is 7.86. The van der Waals surface area contributed by atoms with Crippen molar-refractivity contribution >= 4 is 5.91 Å². The Morgan fingerprint density at radius 1 is 1.33 bits per heavy atom. The third-order valence-corrected chi connectivity index (χ3v) is 5.79. The number of hydrogen-bond donors (Lipinski definition) is 1. The van der Waals surface area contributed by atoms with Gasteiger partial charge >= 0.3 is 0 Å². The smallest absolute Gasteiger partial charge is 0.255 e. The largest absolute Gasteiger partial charge is 0.492 e. The van der Waals surface area contributed by atoms with Crippen LogP contribution in [0.2, 0.25) is 0 Å². The number of rotatable bonds is 9. The molecule has 2 heterocycles. The molecule has 0 aliphatic carbocycles. The number of aromatic nitrogens is 2. The number of nitrogens with one attached hydrogen (secondary N) is 1. The molecule has 0 radical (unpaired) electrons. The predicted molar refractivity (Wildman–Crippen MR) is 117 cm³/mol. The number of benzene rings is 1. The summed E-state index contributed by atoms with van der Waals surface area (Å²) in [4.78, 5) is 15.0. The Morgan fingerprint density at radius 2 is 2.10 bits per heavy atom. The Morgan fingerprint density at radius 3 is 2.80 bits per heavy atom. The van der Waals surface area contributed by atoms with Crippen LogP contribution in [0.25, 0.3) is 0 Å². The van der Waals surface area contributed by atoms with Crippen molar-refractivity contribution in [3.63, 3.8) is 0 Å². The molecule has 0 unspecified atom stereocenters. The zero-order valence-corrected chi connectivity index (χ0v) is 18.6. The maximum atomic E-state index is 12.7. The van der Waals surface area contributed by atoms with E-state index in [1.54, 1.807) is 0 Å². The van der Waals surface area contributed by atoms with Crippen molar-refractivity contribution in [1.29, 1.82) is 0 Å². The molecule has 0 bridgehead atoms. The summed E-state index contributed by atoms with van der Waals surface area (Å²) < 4.78 is 13.2. The minimum atomic E-state index is -0.0888. The lowest BCUT2D eigenvalue weighted by Crippen LogP contribution is -2.38. The molecular weight excluding hydrogens is 380 g/mol. The van der Waals surface area contributed by atoms with E-state index >= 15 is 0 Å². The van der Waals surface area contributed by atoms with Crippen LogP contribution in [-0.4, -0.2) is 60.0 Å². The van der Waals surface area contributed by atoms with Crippen molar-refractivity contribution in [1.82, 2.24) is 20.0 Å². The van der Waals surface area contributed by atoms with Gasteiger partial charge in [0.1, 0.15) is 12.4 Å². The van der Waals surface area contributed by atoms with Crippen LogP contribution in [0.4, 0.5) is 0 Å². The Balaban J connectivity index is 1.49. The molecule has 1 saturated heterocycles. The topological polar surface area (TPSA) is 68.6 Å². The second kappa shape index (κ2) is 10.6. The fourth-order valence-electron chi connectivity index (χ4n) is 3.97. The molecule has 1 aliphatic rings. The number of carbonyl (C=O) groups is 1. The molecule has 0 atom stereocenters. The molecule has 1 aromatic heterocycles. The standard InChI is InChI=1S/C23H34N4O3/c1-5-27-18(3)22(17(2)25-27)23(28)24-16-19-7-6-8-21(15-19)30-14-11-26(4)20-9-12-29-13-10-20/h6-8,15,20H,5,9-14,16H2,1-4H3,(H,24,28). The van der Waals surface area contributed by atoms with E-state index in [4.69, 9.17) is 9.47 Å². The summed E-state index contributed by atoms with van der Waals surface area (Å²) >= 11 is 0.